The van der Waals surface area contributed by atoms with Crippen LogP contribution in [0.25, 0.3) is 0 Å². The van der Waals surface area contributed by atoms with E-state index in [1.165, 1.54) is 53.4 Å². The number of sulfonamides is 1. The molecule has 1 unspecified atom stereocenters. The number of hydrogen-bond donors (Lipinski definition) is 1. The van der Waals surface area contributed by atoms with Crippen LogP contribution in [0.3, 0.4) is 0 Å². The molecule has 0 aliphatic rings. The lowest BCUT2D eigenvalue weighted by molar-refractivity contribution is -0.141. The van der Waals surface area contributed by atoms with E-state index in [4.69, 9.17) is 11.6 Å². The summed E-state index contributed by atoms with van der Waals surface area (Å²) < 4.78 is 42.6. The van der Waals surface area contributed by atoms with Crippen LogP contribution in [0.5, 0.6) is 0 Å². The van der Waals surface area contributed by atoms with E-state index in [2.05, 4.69) is 5.32 Å². The zero-order chi connectivity index (χ0) is 30.5. The van der Waals surface area contributed by atoms with Gasteiger partial charge in [-0.05, 0) is 106 Å². The van der Waals surface area contributed by atoms with E-state index in [-0.39, 0.29) is 23.8 Å². The van der Waals surface area contributed by atoms with Crippen molar-refractivity contribution in [2.45, 2.75) is 71.0 Å². The predicted octanol–water partition coefficient (Wildman–Crippen LogP) is 6.01. The molecule has 0 spiro atoms. The number of carbonyl (C=O) groups is 2. The molecule has 0 saturated heterocycles. The zero-order valence-corrected chi connectivity index (χ0v) is 25.8. The largest absolute Gasteiger partial charge is 0.350 e. The molecule has 0 radical (unpaired) electrons. The van der Waals surface area contributed by atoms with Gasteiger partial charge in [0.25, 0.3) is 10.0 Å². The Morgan fingerprint density at radius 3 is 2.10 bits per heavy atom. The van der Waals surface area contributed by atoms with Crippen LogP contribution in [0.4, 0.5) is 10.1 Å². The van der Waals surface area contributed by atoms with E-state index in [1.54, 1.807) is 25.1 Å². The van der Waals surface area contributed by atoms with Gasteiger partial charge in [0.15, 0.2) is 0 Å². The first-order chi connectivity index (χ1) is 19.1. The summed E-state index contributed by atoms with van der Waals surface area (Å²) in [7, 11) is -4.21. The molecule has 0 aliphatic carbocycles. The molecular weight excluding hydrogens is 565 g/mol. The smallest absolute Gasteiger partial charge is 0.264 e. The van der Waals surface area contributed by atoms with Gasteiger partial charge in [-0.2, -0.15) is 0 Å². The summed E-state index contributed by atoms with van der Waals surface area (Å²) in [5.74, 6) is -1.38. The maximum absolute atomic E-state index is 14.1. The van der Waals surface area contributed by atoms with Crippen LogP contribution in [-0.4, -0.2) is 43.3 Å². The molecule has 3 aromatic rings. The lowest BCUT2D eigenvalue weighted by Gasteiger charge is -2.35. The second kappa shape index (κ2) is 13.0. The van der Waals surface area contributed by atoms with Gasteiger partial charge in [0.05, 0.1) is 10.6 Å². The average Bonchev–Trinajstić information content (AvgIpc) is 2.89. The second-order valence-corrected chi connectivity index (χ2v) is 13.3. The Labute approximate surface area is 247 Å². The summed E-state index contributed by atoms with van der Waals surface area (Å²) in [6, 6.07) is 15.6. The number of halogens is 2. The van der Waals surface area contributed by atoms with Crippen LogP contribution in [0.1, 0.15) is 50.8 Å². The van der Waals surface area contributed by atoms with Crippen molar-refractivity contribution in [1.29, 1.82) is 0 Å². The van der Waals surface area contributed by atoms with Crippen LogP contribution in [0, 0.1) is 19.7 Å². The molecule has 2 amide bonds. The summed E-state index contributed by atoms with van der Waals surface area (Å²) in [6.45, 7) is 10.5. The fourth-order valence-electron chi connectivity index (χ4n) is 4.30. The topological polar surface area (TPSA) is 86.8 Å². The van der Waals surface area contributed by atoms with Gasteiger partial charge in [0.1, 0.15) is 18.4 Å². The first-order valence-corrected chi connectivity index (χ1v) is 15.2. The van der Waals surface area contributed by atoms with Crippen molar-refractivity contribution in [3.8, 4) is 0 Å². The number of nitrogens with zero attached hydrogens (tertiary/aromatic N) is 2. The molecule has 0 fully saturated rings. The molecule has 3 aromatic carbocycles. The summed E-state index contributed by atoms with van der Waals surface area (Å²) >= 11 is 6.00. The fraction of sp³-hybridized carbons (Fsp3) is 0.355. The highest BCUT2D eigenvalue weighted by Crippen LogP contribution is 2.27. The average molecular weight is 602 g/mol. The zero-order valence-electron chi connectivity index (χ0n) is 24.2. The number of amides is 2. The summed E-state index contributed by atoms with van der Waals surface area (Å²) in [5.41, 5.74) is 2.17. The fourth-order valence-corrected chi connectivity index (χ4v) is 5.83. The van der Waals surface area contributed by atoms with Gasteiger partial charge in [-0.1, -0.05) is 36.7 Å². The minimum absolute atomic E-state index is 0.0169. The van der Waals surface area contributed by atoms with Crippen molar-refractivity contribution in [2.24, 2.45) is 0 Å². The summed E-state index contributed by atoms with van der Waals surface area (Å²) in [4.78, 5) is 28.8. The first-order valence-electron chi connectivity index (χ1n) is 13.3. The third kappa shape index (κ3) is 8.30. The molecule has 0 bridgehead atoms. The van der Waals surface area contributed by atoms with Gasteiger partial charge in [-0.15, -0.1) is 0 Å². The molecule has 41 heavy (non-hydrogen) atoms. The van der Waals surface area contributed by atoms with E-state index >= 15 is 0 Å². The quantitative estimate of drug-likeness (QED) is 0.308. The molecule has 7 nitrogen and oxygen atoms in total. The Hall–Kier alpha value is -3.43. The van der Waals surface area contributed by atoms with Crippen LogP contribution in [-0.2, 0) is 26.2 Å². The third-order valence-electron chi connectivity index (χ3n) is 6.61. The SMILES string of the molecule is CCC(C(=O)NC(C)(C)C)N(Cc1ccc(F)cc1)C(=O)CN(c1ccc(C)c(C)c1)S(=O)(=O)c1ccc(Cl)cc1. The Bertz CT molecular complexity index is 1490. The monoisotopic (exact) mass is 601 g/mol. The Morgan fingerprint density at radius 2 is 1.56 bits per heavy atom. The van der Waals surface area contributed by atoms with E-state index in [1.807, 2.05) is 34.6 Å². The molecule has 0 saturated carbocycles. The number of nitrogens with one attached hydrogen (secondary N) is 1. The van der Waals surface area contributed by atoms with E-state index in [9.17, 15) is 22.4 Å². The number of hydrogen-bond acceptors (Lipinski definition) is 4. The minimum Gasteiger partial charge on any atom is -0.350 e. The third-order valence-corrected chi connectivity index (χ3v) is 8.65. The second-order valence-electron chi connectivity index (χ2n) is 11.0. The van der Waals surface area contributed by atoms with Gasteiger partial charge >= 0.3 is 0 Å². The van der Waals surface area contributed by atoms with Crippen LogP contribution in [0.15, 0.2) is 71.6 Å². The lowest BCUT2D eigenvalue weighted by Crippen LogP contribution is -2.55. The van der Waals surface area contributed by atoms with Gasteiger partial charge in [0.2, 0.25) is 11.8 Å². The van der Waals surface area contributed by atoms with Crippen molar-refractivity contribution in [1.82, 2.24) is 10.2 Å². The normalized spacial score (nSPS) is 12.5. The van der Waals surface area contributed by atoms with Crippen molar-refractivity contribution < 1.29 is 22.4 Å². The molecule has 3 rings (SSSR count). The van der Waals surface area contributed by atoms with Crippen LogP contribution >= 0.6 is 11.6 Å². The molecule has 220 valence electrons. The molecule has 0 heterocycles. The maximum atomic E-state index is 14.1. The van der Waals surface area contributed by atoms with Crippen LogP contribution < -0.4 is 9.62 Å². The summed E-state index contributed by atoms with van der Waals surface area (Å²) in [6.07, 6.45) is 0.280. The van der Waals surface area contributed by atoms with Gasteiger partial charge in [-0.3, -0.25) is 13.9 Å². The number of rotatable bonds is 10. The van der Waals surface area contributed by atoms with Gasteiger partial charge in [-0.25, -0.2) is 12.8 Å². The maximum Gasteiger partial charge on any atom is 0.264 e. The number of benzene rings is 3. The van der Waals surface area contributed by atoms with E-state index in [0.717, 1.165) is 15.4 Å². The molecule has 1 N–H and O–H groups in total. The van der Waals surface area contributed by atoms with Crippen molar-refractivity contribution in [2.75, 3.05) is 10.8 Å². The highest BCUT2D eigenvalue weighted by molar-refractivity contribution is 7.92. The lowest BCUT2D eigenvalue weighted by atomic mass is 10.1. The van der Waals surface area contributed by atoms with E-state index < -0.39 is 39.9 Å². The van der Waals surface area contributed by atoms with Gasteiger partial charge < -0.3 is 10.2 Å². The number of carbonyl (C=O) groups excluding carboxylic acids is 2. The number of anilines is 1. The Balaban J connectivity index is 2.09. The summed E-state index contributed by atoms with van der Waals surface area (Å²) in [5, 5.41) is 3.30. The molecule has 10 heteroatoms. The van der Waals surface area contributed by atoms with Crippen molar-refractivity contribution >= 4 is 39.1 Å². The van der Waals surface area contributed by atoms with Crippen molar-refractivity contribution in [3.63, 3.8) is 0 Å². The van der Waals surface area contributed by atoms with Crippen molar-refractivity contribution in [3.05, 3.63) is 94.3 Å². The Kier molecular flexibility index (Phi) is 10.2. The molecular formula is C31H37ClFN3O4S. The van der Waals surface area contributed by atoms with E-state index in [0.29, 0.717) is 16.3 Å². The molecule has 0 aromatic heterocycles. The molecule has 1 atom stereocenters. The minimum atomic E-state index is -4.21. The van der Waals surface area contributed by atoms with Gasteiger partial charge in [0, 0.05) is 17.1 Å². The number of aryl methyl sites for hydroxylation is 2. The molecule has 0 aliphatic heterocycles. The standard InChI is InChI=1S/C31H37ClFN3O4S/c1-7-28(30(38)34-31(4,5)6)35(19-23-9-13-25(33)14-10-23)29(37)20-36(26-15-8-21(2)22(3)18-26)41(39,40)27-16-11-24(32)12-17-27/h8-18,28H,7,19-20H2,1-6H3,(H,34,38). The first kappa shape index (κ1) is 32.1. The highest BCUT2D eigenvalue weighted by atomic mass is 35.5. The van der Waals surface area contributed by atoms with Crippen LogP contribution in [0.2, 0.25) is 5.02 Å². The Morgan fingerprint density at radius 1 is 0.951 bits per heavy atom. The highest BCUT2D eigenvalue weighted by Gasteiger charge is 2.34. The predicted molar refractivity (Wildman–Crippen MR) is 161 cm³/mol.